The van der Waals surface area contributed by atoms with Gasteiger partial charge in [0.25, 0.3) is 0 Å². The minimum atomic E-state index is 0.458. The zero-order valence-electron chi connectivity index (χ0n) is 11.0. The lowest BCUT2D eigenvalue weighted by Crippen LogP contribution is -2.08. The molecule has 1 aromatic heterocycles. The molecule has 0 radical (unpaired) electrons. The van der Waals surface area contributed by atoms with Crippen LogP contribution in [0.25, 0.3) is 22.4 Å². The Balaban J connectivity index is 2.01. The minimum absolute atomic E-state index is 0.458. The molecule has 3 aromatic rings. The fraction of sp³-hybridized carbons (Fsp3) is 0.125. The SMILES string of the molecule is Clc1ccc2c3c1-c1ccccc1Cn1nnc(c1-3)CO2. The summed E-state index contributed by atoms with van der Waals surface area (Å²) >= 11 is 6.52. The van der Waals surface area contributed by atoms with E-state index in [1.807, 2.05) is 28.9 Å². The number of hydrogen-bond acceptors (Lipinski definition) is 3. The predicted octanol–water partition coefficient (Wildman–Crippen LogP) is 3.52. The standard InChI is InChI=1S/C16H10ClN3O/c17-11-5-6-13-15-14(11)10-4-2-1-3-9(10)7-20-16(15)12(8-21-13)18-19-20/h1-6H,7-8H2. The van der Waals surface area contributed by atoms with E-state index in [0.29, 0.717) is 13.2 Å². The summed E-state index contributed by atoms with van der Waals surface area (Å²) in [7, 11) is 0. The molecule has 5 heteroatoms. The van der Waals surface area contributed by atoms with Crippen LogP contribution in [0.2, 0.25) is 5.02 Å². The highest BCUT2D eigenvalue weighted by molar-refractivity contribution is 6.34. The van der Waals surface area contributed by atoms with Crippen LogP contribution in [0.4, 0.5) is 0 Å². The van der Waals surface area contributed by atoms with E-state index in [-0.39, 0.29) is 0 Å². The van der Waals surface area contributed by atoms with E-state index in [0.717, 1.165) is 38.9 Å². The van der Waals surface area contributed by atoms with E-state index in [1.54, 1.807) is 0 Å². The van der Waals surface area contributed by atoms with Crippen molar-refractivity contribution < 1.29 is 4.74 Å². The van der Waals surface area contributed by atoms with Crippen molar-refractivity contribution in [2.75, 3.05) is 0 Å². The monoisotopic (exact) mass is 295 g/mol. The highest BCUT2D eigenvalue weighted by Gasteiger charge is 2.31. The Bertz CT molecular complexity index is 901. The molecule has 0 amide bonds. The van der Waals surface area contributed by atoms with Gasteiger partial charge in [0.1, 0.15) is 23.7 Å². The van der Waals surface area contributed by atoms with E-state index in [4.69, 9.17) is 16.3 Å². The normalized spacial score (nSPS) is 14.0. The summed E-state index contributed by atoms with van der Waals surface area (Å²) in [6.07, 6.45) is 0. The van der Waals surface area contributed by atoms with Crippen molar-refractivity contribution in [2.45, 2.75) is 13.2 Å². The molecule has 0 bridgehead atoms. The first kappa shape index (κ1) is 11.3. The van der Waals surface area contributed by atoms with Gasteiger partial charge in [0.2, 0.25) is 0 Å². The van der Waals surface area contributed by atoms with Crippen LogP contribution < -0.4 is 4.74 Å². The molecule has 0 saturated heterocycles. The third-order valence-corrected chi connectivity index (χ3v) is 4.44. The largest absolute Gasteiger partial charge is 0.486 e. The third kappa shape index (κ3) is 1.40. The molecule has 2 aliphatic heterocycles. The summed E-state index contributed by atoms with van der Waals surface area (Å²) in [5.74, 6) is 0.849. The number of ether oxygens (including phenoxy) is 1. The van der Waals surface area contributed by atoms with Gasteiger partial charge in [-0.3, -0.25) is 0 Å². The van der Waals surface area contributed by atoms with Crippen molar-refractivity contribution >= 4 is 11.6 Å². The summed E-state index contributed by atoms with van der Waals surface area (Å²) in [5, 5.41) is 9.27. The van der Waals surface area contributed by atoms with Crippen molar-refractivity contribution in [2.24, 2.45) is 0 Å². The fourth-order valence-corrected chi connectivity index (χ4v) is 3.48. The Morgan fingerprint density at radius 2 is 2.00 bits per heavy atom. The van der Waals surface area contributed by atoms with E-state index >= 15 is 0 Å². The molecule has 2 aliphatic rings. The van der Waals surface area contributed by atoms with Crippen molar-refractivity contribution in [3.63, 3.8) is 0 Å². The second kappa shape index (κ2) is 3.86. The molecule has 0 fully saturated rings. The second-order valence-corrected chi connectivity index (χ2v) is 5.69. The van der Waals surface area contributed by atoms with Gasteiger partial charge in [-0.2, -0.15) is 0 Å². The summed E-state index contributed by atoms with van der Waals surface area (Å²) in [4.78, 5) is 0. The smallest absolute Gasteiger partial charge is 0.134 e. The molecule has 4 nitrogen and oxygen atoms in total. The summed E-state index contributed by atoms with van der Waals surface area (Å²) in [6, 6.07) is 12.1. The maximum atomic E-state index is 6.52. The fourth-order valence-electron chi connectivity index (χ4n) is 3.22. The van der Waals surface area contributed by atoms with Gasteiger partial charge >= 0.3 is 0 Å². The number of rotatable bonds is 0. The second-order valence-electron chi connectivity index (χ2n) is 5.28. The van der Waals surface area contributed by atoms with Crippen LogP contribution in [0.5, 0.6) is 5.75 Å². The third-order valence-electron chi connectivity index (χ3n) is 4.13. The molecule has 3 heterocycles. The van der Waals surface area contributed by atoms with Gasteiger partial charge < -0.3 is 4.74 Å². The highest BCUT2D eigenvalue weighted by atomic mass is 35.5. The number of hydrogen-bond donors (Lipinski definition) is 0. The Hall–Kier alpha value is -2.33. The van der Waals surface area contributed by atoms with Crippen LogP contribution in [-0.2, 0) is 13.2 Å². The number of fused-ring (bicyclic) bond motifs is 2. The zero-order chi connectivity index (χ0) is 14.0. The Morgan fingerprint density at radius 1 is 1.10 bits per heavy atom. The van der Waals surface area contributed by atoms with E-state index < -0.39 is 0 Å². The number of aromatic nitrogens is 3. The first-order valence-corrected chi connectivity index (χ1v) is 7.17. The Morgan fingerprint density at radius 3 is 2.95 bits per heavy atom. The topological polar surface area (TPSA) is 39.9 Å². The molecule has 0 atom stereocenters. The average Bonchev–Trinajstić information content (AvgIpc) is 2.84. The van der Waals surface area contributed by atoms with Gasteiger partial charge in [-0.25, -0.2) is 4.68 Å². The van der Waals surface area contributed by atoms with Crippen LogP contribution in [0, 0.1) is 0 Å². The zero-order valence-corrected chi connectivity index (χ0v) is 11.8. The first-order valence-electron chi connectivity index (χ1n) is 6.79. The van der Waals surface area contributed by atoms with Gasteiger partial charge in [-0.1, -0.05) is 41.1 Å². The Kier molecular flexibility index (Phi) is 2.08. The highest BCUT2D eigenvalue weighted by Crippen LogP contribution is 2.49. The number of benzene rings is 2. The summed E-state index contributed by atoms with van der Waals surface area (Å²) < 4.78 is 7.78. The molecule has 0 spiro atoms. The van der Waals surface area contributed by atoms with Crippen LogP contribution in [0.3, 0.4) is 0 Å². The van der Waals surface area contributed by atoms with Crippen LogP contribution >= 0.6 is 11.6 Å². The van der Waals surface area contributed by atoms with Crippen molar-refractivity contribution in [1.82, 2.24) is 15.0 Å². The van der Waals surface area contributed by atoms with Gasteiger partial charge in [0.15, 0.2) is 0 Å². The Labute approximate surface area is 125 Å². The molecule has 0 saturated carbocycles. The quantitative estimate of drug-likeness (QED) is 0.498. The van der Waals surface area contributed by atoms with E-state index in [1.165, 1.54) is 5.56 Å². The molecule has 0 aliphatic carbocycles. The molecule has 102 valence electrons. The lowest BCUT2D eigenvalue weighted by atomic mass is 9.93. The van der Waals surface area contributed by atoms with Gasteiger partial charge in [-0.15, -0.1) is 5.10 Å². The predicted molar refractivity (Wildman–Crippen MR) is 79.3 cm³/mol. The van der Waals surface area contributed by atoms with Gasteiger partial charge in [-0.05, 0) is 23.3 Å². The maximum Gasteiger partial charge on any atom is 0.134 e. The average molecular weight is 296 g/mol. The molecule has 5 rings (SSSR count). The summed E-state index contributed by atoms with van der Waals surface area (Å²) in [5.41, 5.74) is 6.27. The van der Waals surface area contributed by atoms with Crippen LogP contribution in [0.15, 0.2) is 36.4 Å². The molecule has 2 aromatic carbocycles. The molecular weight excluding hydrogens is 286 g/mol. The first-order chi connectivity index (χ1) is 10.3. The van der Waals surface area contributed by atoms with Crippen molar-refractivity contribution in [1.29, 1.82) is 0 Å². The molecular formula is C16H10ClN3O. The molecule has 0 unspecified atom stereocenters. The lowest BCUT2D eigenvalue weighted by Gasteiger charge is -2.20. The van der Waals surface area contributed by atoms with Crippen molar-refractivity contribution in [3.05, 3.63) is 52.7 Å². The van der Waals surface area contributed by atoms with E-state index in [2.05, 4.69) is 22.4 Å². The number of nitrogens with zero attached hydrogens (tertiary/aromatic N) is 3. The lowest BCUT2D eigenvalue weighted by molar-refractivity contribution is 0.297. The van der Waals surface area contributed by atoms with Crippen LogP contribution in [0.1, 0.15) is 11.3 Å². The van der Waals surface area contributed by atoms with Gasteiger partial charge in [0, 0.05) is 10.6 Å². The maximum absolute atomic E-state index is 6.52. The van der Waals surface area contributed by atoms with Crippen LogP contribution in [-0.4, -0.2) is 15.0 Å². The summed E-state index contributed by atoms with van der Waals surface area (Å²) in [6.45, 7) is 1.16. The van der Waals surface area contributed by atoms with Gasteiger partial charge in [0.05, 0.1) is 12.1 Å². The van der Waals surface area contributed by atoms with Crippen molar-refractivity contribution in [3.8, 4) is 28.1 Å². The minimum Gasteiger partial charge on any atom is -0.486 e. The molecule has 0 N–H and O–H groups in total. The number of halogens is 1. The van der Waals surface area contributed by atoms with E-state index in [9.17, 15) is 0 Å². The molecule has 21 heavy (non-hydrogen) atoms.